The van der Waals surface area contributed by atoms with E-state index in [1.165, 1.54) is 0 Å². The average Bonchev–Trinajstić information content (AvgIpc) is 2.38. The number of benzene rings is 1. The van der Waals surface area contributed by atoms with Crippen LogP contribution in [0.4, 0.5) is 5.69 Å². The highest BCUT2D eigenvalue weighted by molar-refractivity contribution is 9.09. The summed E-state index contributed by atoms with van der Waals surface area (Å²) < 4.78 is 5.24. The first-order chi connectivity index (χ1) is 8.20. The van der Waals surface area contributed by atoms with Gasteiger partial charge in [0.25, 0.3) is 0 Å². The Bertz CT molecular complexity index is 368. The lowest BCUT2D eigenvalue weighted by atomic mass is 10.2. The zero-order chi connectivity index (χ0) is 12.7. The Morgan fingerprint density at radius 2 is 2.06 bits per heavy atom. The first kappa shape index (κ1) is 14.0. The minimum absolute atomic E-state index is 0.121. The Labute approximate surface area is 111 Å². The molecule has 0 aromatic heterocycles. The molecule has 0 radical (unpaired) electrons. The zero-order valence-corrected chi connectivity index (χ0v) is 11.9. The number of rotatable bonds is 6. The molecule has 0 fully saturated rings. The highest BCUT2D eigenvalue weighted by atomic mass is 79.9. The van der Waals surface area contributed by atoms with Gasteiger partial charge in [-0.3, -0.25) is 4.79 Å². The van der Waals surface area contributed by atoms with Crippen LogP contribution in [0.1, 0.15) is 19.3 Å². The lowest BCUT2D eigenvalue weighted by molar-refractivity contribution is -0.118. The number of unbranched alkanes of at least 4 members (excludes halogenated alkanes) is 1. The number of alkyl halides is 1. The monoisotopic (exact) mass is 299 g/mol. The van der Waals surface area contributed by atoms with E-state index in [1.54, 1.807) is 19.1 Å². The van der Waals surface area contributed by atoms with Crippen LogP contribution in [0, 0.1) is 0 Å². The summed E-state index contributed by atoms with van der Waals surface area (Å²) in [5.74, 6) is 0.847. The van der Waals surface area contributed by atoms with E-state index in [4.69, 9.17) is 4.74 Å². The van der Waals surface area contributed by atoms with E-state index < -0.39 is 0 Å². The standard InChI is InChI=1S/C13H18BrNO2/c1-15(13(16)9-5-6-10-14)11-7-3-4-8-12(11)17-2/h3-4,7-8H,5-6,9-10H2,1-2H3. The molecule has 0 bridgehead atoms. The molecule has 17 heavy (non-hydrogen) atoms. The van der Waals surface area contributed by atoms with Crippen molar-refractivity contribution < 1.29 is 9.53 Å². The molecule has 0 aliphatic heterocycles. The maximum atomic E-state index is 11.9. The van der Waals surface area contributed by atoms with E-state index in [1.807, 2.05) is 24.3 Å². The van der Waals surface area contributed by atoms with Crippen LogP contribution in [0.3, 0.4) is 0 Å². The first-order valence-electron chi connectivity index (χ1n) is 5.66. The van der Waals surface area contributed by atoms with Gasteiger partial charge in [-0.1, -0.05) is 28.1 Å². The number of amides is 1. The fraction of sp³-hybridized carbons (Fsp3) is 0.462. The average molecular weight is 300 g/mol. The number of hydrogen-bond acceptors (Lipinski definition) is 2. The smallest absolute Gasteiger partial charge is 0.226 e. The summed E-state index contributed by atoms with van der Waals surface area (Å²) >= 11 is 3.36. The van der Waals surface area contributed by atoms with Crippen LogP contribution in [0.5, 0.6) is 5.75 Å². The van der Waals surface area contributed by atoms with E-state index in [9.17, 15) is 4.79 Å². The molecular weight excluding hydrogens is 282 g/mol. The van der Waals surface area contributed by atoms with Crippen molar-refractivity contribution >= 4 is 27.5 Å². The Kier molecular flexibility index (Phi) is 6.05. The van der Waals surface area contributed by atoms with Crippen molar-refractivity contribution in [2.45, 2.75) is 19.3 Å². The second-order valence-electron chi connectivity index (χ2n) is 3.77. The van der Waals surface area contributed by atoms with E-state index in [2.05, 4.69) is 15.9 Å². The van der Waals surface area contributed by atoms with Gasteiger partial charge in [0, 0.05) is 18.8 Å². The molecule has 0 aliphatic rings. The molecule has 1 amide bonds. The Morgan fingerprint density at radius 3 is 2.71 bits per heavy atom. The number of hydrogen-bond donors (Lipinski definition) is 0. The summed E-state index contributed by atoms with van der Waals surface area (Å²) in [5, 5.41) is 0.943. The minimum Gasteiger partial charge on any atom is -0.495 e. The van der Waals surface area contributed by atoms with Crippen LogP contribution in [-0.2, 0) is 4.79 Å². The quantitative estimate of drug-likeness (QED) is 0.596. The minimum atomic E-state index is 0.121. The van der Waals surface area contributed by atoms with E-state index in [0.717, 1.165) is 29.6 Å². The van der Waals surface area contributed by atoms with Crippen molar-refractivity contribution in [2.75, 3.05) is 24.4 Å². The van der Waals surface area contributed by atoms with Crippen molar-refractivity contribution in [3.05, 3.63) is 24.3 Å². The lowest BCUT2D eigenvalue weighted by Crippen LogP contribution is -2.26. The molecule has 0 saturated carbocycles. The number of anilines is 1. The summed E-state index contributed by atoms with van der Waals surface area (Å²) in [6.45, 7) is 0. The molecule has 0 saturated heterocycles. The van der Waals surface area contributed by atoms with Crippen LogP contribution in [0.25, 0.3) is 0 Å². The van der Waals surface area contributed by atoms with Crippen LogP contribution < -0.4 is 9.64 Å². The predicted molar refractivity (Wildman–Crippen MR) is 74.0 cm³/mol. The van der Waals surface area contributed by atoms with Gasteiger partial charge in [-0.2, -0.15) is 0 Å². The van der Waals surface area contributed by atoms with E-state index in [-0.39, 0.29) is 5.91 Å². The Hall–Kier alpha value is -1.03. The van der Waals surface area contributed by atoms with Crippen molar-refractivity contribution in [1.29, 1.82) is 0 Å². The number of carbonyl (C=O) groups is 1. The van der Waals surface area contributed by atoms with E-state index >= 15 is 0 Å². The number of carbonyl (C=O) groups excluding carboxylic acids is 1. The van der Waals surface area contributed by atoms with Gasteiger partial charge in [-0.25, -0.2) is 0 Å². The Balaban J connectivity index is 2.67. The largest absolute Gasteiger partial charge is 0.495 e. The van der Waals surface area contributed by atoms with Crippen molar-refractivity contribution in [3.63, 3.8) is 0 Å². The summed E-state index contributed by atoms with van der Waals surface area (Å²) in [7, 11) is 3.40. The lowest BCUT2D eigenvalue weighted by Gasteiger charge is -2.19. The molecule has 1 rings (SSSR count). The number of nitrogens with zero attached hydrogens (tertiary/aromatic N) is 1. The van der Waals surface area contributed by atoms with Gasteiger partial charge in [0.05, 0.1) is 12.8 Å². The summed E-state index contributed by atoms with van der Waals surface area (Å²) in [6, 6.07) is 7.55. The third kappa shape index (κ3) is 4.04. The number of ether oxygens (including phenoxy) is 1. The summed E-state index contributed by atoms with van der Waals surface area (Å²) in [4.78, 5) is 13.6. The molecule has 94 valence electrons. The second-order valence-corrected chi connectivity index (χ2v) is 4.56. The number of halogens is 1. The van der Waals surface area contributed by atoms with Crippen LogP contribution in [-0.4, -0.2) is 25.4 Å². The third-order valence-corrected chi connectivity index (χ3v) is 3.16. The summed E-state index contributed by atoms with van der Waals surface area (Å²) in [5.41, 5.74) is 0.818. The highest BCUT2D eigenvalue weighted by Gasteiger charge is 2.13. The van der Waals surface area contributed by atoms with Crippen LogP contribution >= 0.6 is 15.9 Å². The van der Waals surface area contributed by atoms with Crippen molar-refractivity contribution in [1.82, 2.24) is 0 Å². The molecule has 0 heterocycles. The molecule has 1 aromatic rings. The number of methoxy groups -OCH3 is 1. The normalized spacial score (nSPS) is 10.1. The number of para-hydroxylation sites is 2. The Morgan fingerprint density at radius 1 is 1.35 bits per heavy atom. The fourth-order valence-electron chi connectivity index (χ4n) is 1.58. The predicted octanol–water partition coefficient (Wildman–Crippen LogP) is 3.22. The highest BCUT2D eigenvalue weighted by Crippen LogP contribution is 2.27. The summed E-state index contributed by atoms with van der Waals surface area (Å²) in [6.07, 6.45) is 2.50. The zero-order valence-electron chi connectivity index (χ0n) is 10.3. The molecule has 0 spiro atoms. The van der Waals surface area contributed by atoms with Crippen LogP contribution in [0.2, 0.25) is 0 Å². The molecule has 4 heteroatoms. The van der Waals surface area contributed by atoms with Crippen molar-refractivity contribution in [3.8, 4) is 5.75 Å². The topological polar surface area (TPSA) is 29.5 Å². The second kappa shape index (κ2) is 7.33. The maximum absolute atomic E-state index is 11.9. The molecule has 0 unspecified atom stereocenters. The van der Waals surface area contributed by atoms with Crippen LogP contribution in [0.15, 0.2) is 24.3 Å². The van der Waals surface area contributed by atoms with Gasteiger partial charge >= 0.3 is 0 Å². The third-order valence-electron chi connectivity index (χ3n) is 2.59. The fourth-order valence-corrected chi connectivity index (χ4v) is 1.98. The van der Waals surface area contributed by atoms with Gasteiger partial charge in [-0.15, -0.1) is 0 Å². The van der Waals surface area contributed by atoms with Gasteiger partial charge in [0.15, 0.2) is 0 Å². The SMILES string of the molecule is COc1ccccc1N(C)C(=O)CCCCBr. The van der Waals surface area contributed by atoms with Gasteiger partial charge in [-0.05, 0) is 25.0 Å². The first-order valence-corrected chi connectivity index (χ1v) is 6.78. The maximum Gasteiger partial charge on any atom is 0.226 e. The van der Waals surface area contributed by atoms with Gasteiger partial charge < -0.3 is 9.64 Å². The van der Waals surface area contributed by atoms with Gasteiger partial charge in [0.1, 0.15) is 5.75 Å². The van der Waals surface area contributed by atoms with E-state index in [0.29, 0.717) is 6.42 Å². The molecular formula is C13H18BrNO2. The molecule has 0 atom stereocenters. The molecule has 3 nitrogen and oxygen atoms in total. The van der Waals surface area contributed by atoms with Crippen molar-refractivity contribution in [2.24, 2.45) is 0 Å². The van der Waals surface area contributed by atoms with Gasteiger partial charge in [0.2, 0.25) is 5.91 Å². The molecule has 0 N–H and O–H groups in total. The molecule has 0 aliphatic carbocycles. The molecule has 1 aromatic carbocycles.